The van der Waals surface area contributed by atoms with Crippen molar-refractivity contribution in [3.8, 4) is 0 Å². The van der Waals surface area contributed by atoms with Crippen molar-refractivity contribution in [1.82, 2.24) is 0 Å². The van der Waals surface area contributed by atoms with Crippen LogP contribution in [0.4, 0.5) is 13.2 Å². The summed E-state index contributed by atoms with van der Waals surface area (Å²) in [6, 6.07) is 2.44. The van der Waals surface area contributed by atoms with Gasteiger partial charge in [0.15, 0.2) is 11.6 Å². The van der Waals surface area contributed by atoms with E-state index in [0.717, 1.165) is 6.07 Å². The molecule has 0 saturated carbocycles. The van der Waals surface area contributed by atoms with E-state index in [2.05, 4.69) is 0 Å². The summed E-state index contributed by atoms with van der Waals surface area (Å²) in [5.74, 6) is -2.07. The van der Waals surface area contributed by atoms with Crippen LogP contribution in [0.3, 0.4) is 0 Å². The molecule has 0 aliphatic heterocycles. The molecule has 1 aromatic carbocycles. The van der Waals surface area contributed by atoms with E-state index < -0.39 is 24.4 Å². The van der Waals surface area contributed by atoms with Crippen LogP contribution >= 0.6 is 12.4 Å². The molecule has 74 valence electrons. The predicted octanol–water partition coefficient (Wildman–Crippen LogP) is 2.36. The molecule has 1 atom stereocenters. The molecule has 0 aliphatic rings. The number of hydrogen-bond acceptors (Lipinski definition) is 1. The molecular formula is C8H9ClF3N. The highest BCUT2D eigenvalue weighted by molar-refractivity contribution is 5.85. The van der Waals surface area contributed by atoms with Gasteiger partial charge in [0.25, 0.3) is 0 Å². The Kier molecular flexibility index (Phi) is 4.80. The van der Waals surface area contributed by atoms with Crippen molar-refractivity contribution in [1.29, 1.82) is 0 Å². The van der Waals surface area contributed by atoms with E-state index in [0.29, 0.717) is 0 Å². The first-order valence-corrected chi connectivity index (χ1v) is 3.42. The first kappa shape index (κ1) is 12.3. The van der Waals surface area contributed by atoms with Gasteiger partial charge in [0.05, 0.1) is 6.04 Å². The maximum Gasteiger partial charge on any atom is 0.163 e. The number of hydrogen-bond donors (Lipinski definition) is 1. The van der Waals surface area contributed by atoms with Crippen LogP contribution in [0.15, 0.2) is 18.2 Å². The number of halogens is 4. The molecule has 0 heterocycles. The monoisotopic (exact) mass is 211 g/mol. The smallest absolute Gasteiger partial charge is 0.163 e. The van der Waals surface area contributed by atoms with Crippen molar-refractivity contribution >= 4 is 12.4 Å². The van der Waals surface area contributed by atoms with Crippen LogP contribution in [-0.2, 0) is 0 Å². The summed E-state index contributed by atoms with van der Waals surface area (Å²) in [5.41, 5.74) is 5.06. The van der Waals surface area contributed by atoms with Crippen molar-refractivity contribution < 1.29 is 13.2 Å². The summed E-state index contributed by atoms with van der Waals surface area (Å²) in [4.78, 5) is 0. The molecule has 0 radical (unpaired) electrons. The third kappa shape index (κ3) is 2.60. The molecule has 0 aliphatic carbocycles. The summed E-state index contributed by atoms with van der Waals surface area (Å²) in [6.07, 6.45) is 0. The Morgan fingerprint density at radius 3 is 2.46 bits per heavy atom. The second-order valence-electron chi connectivity index (χ2n) is 2.40. The molecule has 1 aromatic rings. The van der Waals surface area contributed by atoms with Gasteiger partial charge < -0.3 is 5.73 Å². The van der Waals surface area contributed by atoms with Crippen LogP contribution in [-0.4, -0.2) is 6.67 Å². The zero-order valence-electron chi connectivity index (χ0n) is 6.64. The zero-order chi connectivity index (χ0) is 9.14. The number of alkyl halides is 1. The second-order valence-corrected chi connectivity index (χ2v) is 2.40. The molecule has 0 amide bonds. The number of benzene rings is 1. The Labute approximate surface area is 80.2 Å². The largest absolute Gasteiger partial charge is 0.322 e. The van der Waals surface area contributed by atoms with Crippen LogP contribution in [0.1, 0.15) is 11.6 Å². The Morgan fingerprint density at radius 1 is 1.31 bits per heavy atom. The normalized spacial score (nSPS) is 12.0. The minimum Gasteiger partial charge on any atom is -0.322 e. The molecule has 5 heteroatoms. The third-order valence-corrected chi connectivity index (χ3v) is 1.55. The van der Waals surface area contributed by atoms with Crippen LogP contribution < -0.4 is 5.73 Å². The number of rotatable bonds is 2. The van der Waals surface area contributed by atoms with Gasteiger partial charge >= 0.3 is 0 Å². The van der Waals surface area contributed by atoms with Crippen molar-refractivity contribution in [3.05, 3.63) is 35.4 Å². The van der Waals surface area contributed by atoms with E-state index in [1.54, 1.807) is 0 Å². The molecule has 0 spiro atoms. The first-order valence-electron chi connectivity index (χ1n) is 3.42. The fourth-order valence-corrected chi connectivity index (χ4v) is 0.890. The first-order chi connectivity index (χ1) is 5.66. The summed E-state index contributed by atoms with van der Waals surface area (Å²) >= 11 is 0. The lowest BCUT2D eigenvalue weighted by atomic mass is 10.1. The molecular weight excluding hydrogens is 203 g/mol. The third-order valence-electron chi connectivity index (χ3n) is 1.55. The van der Waals surface area contributed by atoms with E-state index >= 15 is 0 Å². The average Bonchev–Trinajstić information content (AvgIpc) is 2.08. The summed E-state index contributed by atoms with van der Waals surface area (Å²) < 4.78 is 37.3. The van der Waals surface area contributed by atoms with Gasteiger partial charge in [-0.05, 0) is 6.07 Å². The predicted molar refractivity (Wildman–Crippen MR) is 46.5 cm³/mol. The van der Waals surface area contributed by atoms with E-state index in [4.69, 9.17) is 5.73 Å². The van der Waals surface area contributed by atoms with Gasteiger partial charge in [0, 0.05) is 5.56 Å². The molecule has 0 saturated heterocycles. The second kappa shape index (κ2) is 5.09. The highest BCUT2D eigenvalue weighted by Crippen LogP contribution is 2.17. The Bertz CT molecular complexity index is 280. The minimum atomic E-state index is -1.08. The van der Waals surface area contributed by atoms with E-state index in [-0.39, 0.29) is 18.0 Å². The SMILES string of the molecule is Cl.N[C@H](CF)c1cccc(F)c1F. The molecule has 1 rings (SSSR count). The van der Waals surface area contributed by atoms with Crippen molar-refractivity contribution in [2.24, 2.45) is 5.73 Å². The van der Waals surface area contributed by atoms with Gasteiger partial charge in [-0.2, -0.15) is 0 Å². The maximum absolute atomic E-state index is 12.8. The molecule has 0 fully saturated rings. The molecule has 2 N–H and O–H groups in total. The van der Waals surface area contributed by atoms with Gasteiger partial charge in [-0.15, -0.1) is 12.4 Å². The van der Waals surface area contributed by atoms with Gasteiger partial charge in [-0.1, -0.05) is 12.1 Å². The highest BCUT2D eigenvalue weighted by Gasteiger charge is 2.13. The van der Waals surface area contributed by atoms with Crippen LogP contribution in [0.5, 0.6) is 0 Å². The molecule has 0 aromatic heterocycles. The summed E-state index contributed by atoms with van der Waals surface area (Å²) in [5, 5.41) is 0. The Hall–Kier alpha value is -0.740. The van der Waals surface area contributed by atoms with E-state index in [1.165, 1.54) is 12.1 Å². The summed E-state index contributed by atoms with van der Waals surface area (Å²) in [6.45, 7) is -0.902. The molecule has 13 heavy (non-hydrogen) atoms. The highest BCUT2D eigenvalue weighted by atomic mass is 35.5. The minimum absolute atomic E-state index is 0. The van der Waals surface area contributed by atoms with Crippen molar-refractivity contribution in [2.75, 3.05) is 6.67 Å². The molecule has 0 bridgehead atoms. The van der Waals surface area contributed by atoms with Crippen LogP contribution in [0, 0.1) is 11.6 Å². The molecule has 1 nitrogen and oxygen atoms in total. The van der Waals surface area contributed by atoms with E-state index in [9.17, 15) is 13.2 Å². The van der Waals surface area contributed by atoms with Gasteiger partial charge in [-0.25, -0.2) is 13.2 Å². The van der Waals surface area contributed by atoms with Crippen LogP contribution in [0.25, 0.3) is 0 Å². The maximum atomic E-state index is 12.8. The van der Waals surface area contributed by atoms with Gasteiger partial charge in [0.2, 0.25) is 0 Å². The van der Waals surface area contributed by atoms with Gasteiger partial charge in [0.1, 0.15) is 6.67 Å². The van der Waals surface area contributed by atoms with Crippen LogP contribution in [0.2, 0.25) is 0 Å². The lowest BCUT2D eigenvalue weighted by Gasteiger charge is -2.08. The molecule has 0 unspecified atom stereocenters. The van der Waals surface area contributed by atoms with Crippen molar-refractivity contribution in [2.45, 2.75) is 6.04 Å². The summed E-state index contributed by atoms with van der Waals surface area (Å²) in [7, 11) is 0. The number of nitrogens with two attached hydrogens (primary N) is 1. The van der Waals surface area contributed by atoms with Gasteiger partial charge in [-0.3, -0.25) is 0 Å². The Balaban J connectivity index is 0.00000144. The standard InChI is InChI=1S/C8H8F3N.ClH/c9-4-7(12)5-2-1-3-6(10)8(5)11;/h1-3,7H,4,12H2;1H/t7-;/m1./s1. The topological polar surface area (TPSA) is 26.0 Å². The fraction of sp³-hybridized carbons (Fsp3) is 0.250. The fourth-order valence-electron chi connectivity index (χ4n) is 0.890. The average molecular weight is 212 g/mol. The Morgan fingerprint density at radius 2 is 1.92 bits per heavy atom. The lowest BCUT2D eigenvalue weighted by molar-refractivity contribution is 0.417. The lowest BCUT2D eigenvalue weighted by Crippen LogP contribution is -2.14. The zero-order valence-corrected chi connectivity index (χ0v) is 7.45. The quantitative estimate of drug-likeness (QED) is 0.799. The van der Waals surface area contributed by atoms with Crippen molar-refractivity contribution in [3.63, 3.8) is 0 Å². The van der Waals surface area contributed by atoms with E-state index in [1.807, 2.05) is 0 Å².